The summed E-state index contributed by atoms with van der Waals surface area (Å²) < 4.78 is 5.91. The molecule has 0 aliphatic carbocycles. The molecule has 1 saturated heterocycles. The maximum Gasteiger partial charge on any atom is 0.269 e. The lowest BCUT2D eigenvalue weighted by Gasteiger charge is -2.31. The molecule has 2 aromatic rings. The van der Waals surface area contributed by atoms with Gasteiger partial charge in [-0.1, -0.05) is 0 Å². The molecule has 0 radical (unpaired) electrons. The molecule has 1 aromatic carbocycles. The van der Waals surface area contributed by atoms with E-state index in [4.69, 9.17) is 4.42 Å². The summed E-state index contributed by atoms with van der Waals surface area (Å²) in [5, 5.41) is 14.1. The lowest BCUT2D eigenvalue weighted by Crippen LogP contribution is -2.42. The molecular formula is C15H17N3O3. The van der Waals surface area contributed by atoms with Gasteiger partial charge in [0.2, 0.25) is 0 Å². The highest BCUT2D eigenvalue weighted by Crippen LogP contribution is 2.28. The van der Waals surface area contributed by atoms with Gasteiger partial charge in [0.1, 0.15) is 17.7 Å². The molecule has 1 aliphatic rings. The summed E-state index contributed by atoms with van der Waals surface area (Å²) in [6.45, 7) is 2.01. The molecule has 110 valence electrons. The Kier molecular flexibility index (Phi) is 3.72. The number of nitrogens with one attached hydrogen (secondary N) is 1. The van der Waals surface area contributed by atoms with E-state index >= 15 is 0 Å². The van der Waals surface area contributed by atoms with Crippen molar-refractivity contribution in [3.8, 4) is 11.3 Å². The highest BCUT2D eigenvalue weighted by Gasteiger charge is 2.23. The SMILES string of the molecule is CN1CCCN[C@@H]1c1ccc(-c2ccc([N+](=O)[O-])cc2)o1. The smallest absolute Gasteiger partial charge is 0.269 e. The number of hydrogen-bond acceptors (Lipinski definition) is 5. The Morgan fingerprint density at radius 1 is 1.29 bits per heavy atom. The van der Waals surface area contributed by atoms with Crippen molar-refractivity contribution in [2.45, 2.75) is 12.6 Å². The van der Waals surface area contributed by atoms with Gasteiger partial charge in [0.25, 0.3) is 5.69 Å². The molecule has 0 saturated carbocycles. The first-order valence-corrected chi connectivity index (χ1v) is 6.93. The van der Waals surface area contributed by atoms with Gasteiger partial charge in [-0.2, -0.15) is 0 Å². The van der Waals surface area contributed by atoms with Gasteiger partial charge in [-0.3, -0.25) is 20.3 Å². The summed E-state index contributed by atoms with van der Waals surface area (Å²) in [7, 11) is 2.06. The topological polar surface area (TPSA) is 71.5 Å². The molecular weight excluding hydrogens is 270 g/mol. The van der Waals surface area contributed by atoms with E-state index in [0.29, 0.717) is 0 Å². The molecule has 2 heterocycles. The number of furan rings is 1. The van der Waals surface area contributed by atoms with Crippen molar-refractivity contribution in [3.05, 3.63) is 52.3 Å². The van der Waals surface area contributed by atoms with Crippen LogP contribution in [0.15, 0.2) is 40.8 Å². The molecule has 0 bridgehead atoms. The normalized spacial score (nSPS) is 19.6. The van der Waals surface area contributed by atoms with Gasteiger partial charge in [-0.15, -0.1) is 0 Å². The lowest BCUT2D eigenvalue weighted by atomic mass is 10.1. The number of non-ortho nitro benzene ring substituents is 1. The fourth-order valence-electron chi connectivity index (χ4n) is 2.57. The maximum atomic E-state index is 10.7. The fraction of sp³-hybridized carbons (Fsp3) is 0.333. The monoisotopic (exact) mass is 287 g/mol. The summed E-state index contributed by atoms with van der Waals surface area (Å²) in [4.78, 5) is 12.5. The largest absolute Gasteiger partial charge is 0.458 e. The summed E-state index contributed by atoms with van der Waals surface area (Å²) in [6.07, 6.45) is 1.22. The van der Waals surface area contributed by atoms with Crippen LogP contribution in [0.25, 0.3) is 11.3 Å². The van der Waals surface area contributed by atoms with E-state index in [-0.39, 0.29) is 11.9 Å². The van der Waals surface area contributed by atoms with E-state index in [1.54, 1.807) is 12.1 Å². The van der Waals surface area contributed by atoms with Crippen LogP contribution in [0.1, 0.15) is 18.3 Å². The first-order chi connectivity index (χ1) is 10.1. The predicted molar refractivity (Wildman–Crippen MR) is 78.8 cm³/mol. The van der Waals surface area contributed by atoms with Crippen LogP contribution in [0.5, 0.6) is 0 Å². The molecule has 1 N–H and O–H groups in total. The van der Waals surface area contributed by atoms with Crippen LogP contribution in [0.4, 0.5) is 5.69 Å². The van der Waals surface area contributed by atoms with Crippen LogP contribution in [-0.2, 0) is 0 Å². The predicted octanol–water partition coefficient (Wildman–Crippen LogP) is 2.78. The van der Waals surface area contributed by atoms with Crippen molar-refractivity contribution >= 4 is 5.69 Å². The average molecular weight is 287 g/mol. The summed E-state index contributed by atoms with van der Waals surface area (Å²) >= 11 is 0. The van der Waals surface area contributed by atoms with Gasteiger partial charge in [-0.05, 0) is 44.3 Å². The first-order valence-electron chi connectivity index (χ1n) is 6.93. The minimum absolute atomic E-state index is 0.0826. The number of nitrogens with zero attached hydrogens (tertiary/aromatic N) is 2. The average Bonchev–Trinajstić information content (AvgIpc) is 2.97. The molecule has 3 rings (SSSR count). The molecule has 1 aromatic heterocycles. The van der Waals surface area contributed by atoms with Gasteiger partial charge >= 0.3 is 0 Å². The third kappa shape index (κ3) is 2.81. The highest BCUT2D eigenvalue weighted by atomic mass is 16.6. The molecule has 21 heavy (non-hydrogen) atoms. The van der Waals surface area contributed by atoms with Crippen molar-refractivity contribution < 1.29 is 9.34 Å². The fourth-order valence-corrected chi connectivity index (χ4v) is 2.57. The van der Waals surface area contributed by atoms with E-state index in [1.807, 2.05) is 12.1 Å². The molecule has 1 fully saturated rings. The van der Waals surface area contributed by atoms with Crippen LogP contribution in [-0.4, -0.2) is 30.0 Å². The number of benzene rings is 1. The summed E-state index contributed by atoms with van der Waals surface area (Å²) in [5.74, 6) is 1.59. The molecule has 1 atom stereocenters. The van der Waals surface area contributed by atoms with Gasteiger partial charge in [-0.25, -0.2) is 0 Å². The van der Waals surface area contributed by atoms with E-state index in [9.17, 15) is 10.1 Å². The minimum atomic E-state index is -0.405. The van der Waals surface area contributed by atoms with Gasteiger partial charge in [0, 0.05) is 24.2 Å². The zero-order chi connectivity index (χ0) is 14.8. The zero-order valence-electron chi connectivity index (χ0n) is 11.8. The second-order valence-corrected chi connectivity index (χ2v) is 5.20. The Morgan fingerprint density at radius 2 is 2.05 bits per heavy atom. The lowest BCUT2D eigenvalue weighted by molar-refractivity contribution is -0.384. The van der Waals surface area contributed by atoms with E-state index in [2.05, 4.69) is 17.3 Å². The van der Waals surface area contributed by atoms with Gasteiger partial charge in [0.05, 0.1) is 4.92 Å². The third-order valence-corrected chi connectivity index (χ3v) is 3.72. The number of nitro groups is 1. The standard InChI is InChI=1S/C15H17N3O3/c1-17-10-2-9-16-15(17)14-8-7-13(21-14)11-3-5-12(6-4-11)18(19)20/h3-8,15-16H,2,9-10H2,1H3/t15-/m0/s1. The Balaban J connectivity index is 1.82. The van der Waals surface area contributed by atoms with Crippen LogP contribution < -0.4 is 5.32 Å². The zero-order valence-corrected chi connectivity index (χ0v) is 11.8. The molecule has 6 nitrogen and oxygen atoms in total. The van der Waals surface area contributed by atoms with Gasteiger partial charge < -0.3 is 4.42 Å². The Morgan fingerprint density at radius 3 is 2.71 bits per heavy atom. The van der Waals surface area contributed by atoms with Crippen molar-refractivity contribution in [2.75, 3.05) is 20.1 Å². The van der Waals surface area contributed by atoms with Crippen molar-refractivity contribution in [3.63, 3.8) is 0 Å². The molecule has 1 aliphatic heterocycles. The number of hydrogen-bond donors (Lipinski definition) is 1. The Labute approximate surface area is 122 Å². The maximum absolute atomic E-state index is 10.7. The van der Waals surface area contributed by atoms with Crippen molar-refractivity contribution in [2.24, 2.45) is 0 Å². The van der Waals surface area contributed by atoms with E-state index in [1.165, 1.54) is 12.1 Å². The number of rotatable bonds is 3. The summed E-state index contributed by atoms with van der Waals surface area (Å²) in [6, 6.07) is 10.2. The van der Waals surface area contributed by atoms with Crippen LogP contribution in [0.2, 0.25) is 0 Å². The molecule has 0 spiro atoms. The summed E-state index contributed by atoms with van der Waals surface area (Å²) in [5.41, 5.74) is 0.921. The van der Waals surface area contributed by atoms with Crippen LogP contribution >= 0.6 is 0 Å². The minimum Gasteiger partial charge on any atom is -0.458 e. The van der Waals surface area contributed by atoms with Crippen LogP contribution in [0.3, 0.4) is 0 Å². The Hall–Kier alpha value is -2.18. The number of nitro benzene ring substituents is 1. The van der Waals surface area contributed by atoms with E-state index < -0.39 is 4.92 Å². The van der Waals surface area contributed by atoms with Crippen molar-refractivity contribution in [1.82, 2.24) is 10.2 Å². The van der Waals surface area contributed by atoms with E-state index in [0.717, 1.165) is 36.6 Å². The third-order valence-electron chi connectivity index (χ3n) is 3.72. The molecule has 0 unspecified atom stereocenters. The van der Waals surface area contributed by atoms with Crippen molar-refractivity contribution in [1.29, 1.82) is 0 Å². The quantitative estimate of drug-likeness (QED) is 0.694. The van der Waals surface area contributed by atoms with Crippen LogP contribution in [0, 0.1) is 10.1 Å². The molecule has 0 amide bonds. The Bertz CT molecular complexity index is 636. The first kappa shape index (κ1) is 13.8. The second-order valence-electron chi connectivity index (χ2n) is 5.20. The highest BCUT2D eigenvalue weighted by molar-refractivity contribution is 5.59. The molecule has 6 heteroatoms. The second kappa shape index (κ2) is 5.67. The van der Waals surface area contributed by atoms with Gasteiger partial charge in [0.15, 0.2) is 0 Å².